The maximum absolute atomic E-state index is 11.6. The number of nitrogens with zero attached hydrogens (tertiary/aromatic N) is 2. The summed E-state index contributed by atoms with van der Waals surface area (Å²) in [7, 11) is 0. The van der Waals surface area contributed by atoms with E-state index < -0.39 is 4.92 Å². The lowest BCUT2D eigenvalue weighted by Gasteiger charge is -2.18. The van der Waals surface area contributed by atoms with Crippen LogP contribution in [0.1, 0.15) is 25.3 Å². The van der Waals surface area contributed by atoms with Gasteiger partial charge in [-0.15, -0.1) is 0 Å². The predicted octanol–water partition coefficient (Wildman–Crippen LogP) is 2.15. The molecule has 102 valence electrons. The van der Waals surface area contributed by atoms with Gasteiger partial charge < -0.3 is 10.2 Å². The molecule has 6 heteroatoms. The summed E-state index contributed by atoms with van der Waals surface area (Å²) in [5.41, 5.74) is 1.38. The second-order valence-electron chi connectivity index (χ2n) is 4.52. The molecule has 1 fully saturated rings. The van der Waals surface area contributed by atoms with Crippen LogP contribution < -0.4 is 5.32 Å². The molecular formula is C13H17N3O3. The Morgan fingerprint density at radius 2 is 2.26 bits per heavy atom. The molecule has 0 unspecified atom stereocenters. The van der Waals surface area contributed by atoms with Crippen molar-refractivity contribution in [1.29, 1.82) is 0 Å². The van der Waals surface area contributed by atoms with Crippen molar-refractivity contribution in [2.24, 2.45) is 0 Å². The van der Waals surface area contributed by atoms with Crippen LogP contribution in [0.5, 0.6) is 0 Å². The van der Waals surface area contributed by atoms with Crippen molar-refractivity contribution in [3.05, 3.63) is 33.9 Å². The van der Waals surface area contributed by atoms with Crippen LogP contribution in [0, 0.1) is 10.1 Å². The van der Waals surface area contributed by atoms with E-state index >= 15 is 0 Å². The van der Waals surface area contributed by atoms with Gasteiger partial charge in [0, 0.05) is 37.7 Å². The first-order valence-corrected chi connectivity index (χ1v) is 6.41. The van der Waals surface area contributed by atoms with E-state index in [2.05, 4.69) is 5.32 Å². The van der Waals surface area contributed by atoms with Crippen LogP contribution in [0.15, 0.2) is 18.2 Å². The minimum atomic E-state index is -0.396. The molecule has 0 saturated carbocycles. The SMILES string of the molecule is CCNc1c(CN2CCCC2=O)cccc1[N+](=O)[O-]. The number of rotatable bonds is 5. The van der Waals surface area contributed by atoms with Gasteiger partial charge in [-0.05, 0) is 13.3 Å². The number of amides is 1. The Morgan fingerprint density at radius 3 is 2.84 bits per heavy atom. The van der Waals surface area contributed by atoms with Gasteiger partial charge in [-0.2, -0.15) is 0 Å². The van der Waals surface area contributed by atoms with Crippen molar-refractivity contribution in [2.45, 2.75) is 26.3 Å². The van der Waals surface area contributed by atoms with Gasteiger partial charge in [0.2, 0.25) is 5.91 Å². The molecule has 1 N–H and O–H groups in total. The Balaban J connectivity index is 2.30. The molecule has 0 spiro atoms. The molecule has 6 nitrogen and oxygen atoms in total. The Bertz CT molecular complexity index is 502. The number of nitrogens with one attached hydrogen (secondary N) is 1. The summed E-state index contributed by atoms with van der Waals surface area (Å²) in [4.78, 5) is 24.0. The molecule has 0 bridgehead atoms. The molecular weight excluding hydrogens is 246 g/mol. The van der Waals surface area contributed by atoms with E-state index in [-0.39, 0.29) is 11.6 Å². The minimum Gasteiger partial charge on any atom is -0.379 e. The molecule has 0 atom stereocenters. The molecule has 1 amide bonds. The number of nitro groups is 1. The van der Waals surface area contributed by atoms with Crippen LogP contribution >= 0.6 is 0 Å². The molecule has 1 aliphatic rings. The van der Waals surface area contributed by atoms with Gasteiger partial charge in [0.25, 0.3) is 5.69 Å². The van der Waals surface area contributed by atoms with Crippen molar-refractivity contribution in [1.82, 2.24) is 4.90 Å². The normalized spacial score (nSPS) is 14.8. The first-order valence-electron chi connectivity index (χ1n) is 6.41. The Hall–Kier alpha value is -2.11. The minimum absolute atomic E-state index is 0.0611. The summed E-state index contributed by atoms with van der Waals surface area (Å²) in [5.74, 6) is 0.119. The van der Waals surface area contributed by atoms with Crippen molar-refractivity contribution >= 4 is 17.3 Å². The standard InChI is InChI=1S/C13H17N3O3/c1-2-14-13-10(5-3-6-11(13)16(18)19)9-15-8-4-7-12(15)17/h3,5-6,14H,2,4,7-9H2,1H3. The molecule has 19 heavy (non-hydrogen) atoms. The molecule has 1 heterocycles. The Labute approximate surface area is 111 Å². The second-order valence-corrected chi connectivity index (χ2v) is 4.52. The van der Waals surface area contributed by atoms with Gasteiger partial charge in [-0.1, -0.05) is 12.1 Å². The average molecular weight is 263 g/mol. The highest BCUT2D eigenvalue weighted by molar-refractivity contribution is 5.78. The van der Waals surface area contributed by atoms with Crippen LogP contribution in [-0.2, 0) is 11.3 Å². The first kappa shape index (κ1) is 13.3. The number of carbonyl (C=O) groups excluding carboxylic acids is 1. The third-order valence-corrected chi connectivity index (χ3v) is 3.21. The molecule has 0 aliphatic carbocycles. The third-order valence-electron chi connectivity index (χ3n) is 3.21. The number of likely N-dealkylation sites (tertiary alicyclic amines) is 1. The topological polar surface area (TPSA) is 75.5 Å². The summed E-state index contributed by atoms with van der Waals surface area (Å²) in [6, 6.07) is 4.97. The molecule has 0 aromatic heterocycles. The van der Waals surface area contributed by atoms with Gasteiger partial charge in [-0.25, -0.2) is 0 Å². The van der Waals surface area contributed by atoms with Gasteiger partial charge in [0.1, 0.15) is 5.69 Å². The summed E-state index contributed by atoms with van der Waals surface area (Å²) in [5, 5.41) is 14.1. The summed E-state index contributed by atoms with van der Waals surface area (Å²) >= 11 is 0. The van der Waals surface area contributed by atoms with E-state index in [4.69, 9.17) is 0 Å². The van der Waals surface area contributed by atoms with Crippen LogP contribution in [0.25, 0.3) is 0 Å². The predicted molar refractivity (Wildman–Crippen MR) is 71.9 cm³/mol. The third kappa shape index (κ3) is 2.83. The number of nitro benzene ring substituents is 1. The monoisotopic (exact) mass is 263 g/mol. The highest BCUT2D eigenvalue weighted by Crippen LogP contribution is 2.30. The molecule has 1 aliphatic heterocycles. The van der Waals surface area contributed by atoms with Crippen LogP contribution in [0.4, 0.5) is 11.4 Å². The Morgan fingerprint density at radius 1 is 1.47 bits per heavy atom. The van der Waals surface area contributed by atoms with Crippen molar-refractivity contribution in [2.75, 3.05) is 18.4 Å². The zero-order valence-corrected chi connectivity index (χ0v) is 10.9. The van der Waals surface area contributed by atoms with E-state index in [9.17, 15) is 14.9 Å². The van der Waals surface area contributed by atoms with E-state index in [0.29, 0.717) is 25.2 Å². The second kappa shape index (κ2) is 5.69. The lowest BCUT2D eigenvalue weighted by Crippen LogP contribution is -2.24. The highest BCUT2D eigenvalue weighted by Gasteiger charge is 2.23. The fourth-order valence-corrected chi connectivity index (χ4v) is 2.33. The quantitative estimate of drug-likeness (QED) is 0.652. The number of hydrogen-bond donors (Lipinski definition) is 1. The number of hydrogen-bond acceptors (Lipinski definition) is 4. The summed E-state index contributed by atoms with van der Waals surface area (Å²) < 4.78 is 0. The van der Waals surface area contributed by atoms with Crippen LogP contribution in [0.3, 0.4) is 0 Å². The van der Waals surface area contributed by atoms with Gasteiger partial charge >= 0.3 is 0 Å². The number of anilines is 1. The van der Waals surface area contributed by atoms with E-state index in [0.717, 1.165) is 18.5 Å². The van der Waals surface area contributed by atoms with Gasteiger partial charge in [0.05, 0.1) is 4.92 Å². The Kier molecular flexibility index (Phi) is 3.99. The molecule has 0 radical (unpaired) electrons. The number of para-hydroxylation sites is 1. The maximum Gasteiger partial charge on any atom is 0.292 e. The average Bonchev–Trinajstić information content (AvgIpc) is 2.77. The van der Waals surface area contributed by atoms with Crippen molar-refractivity contribution in [3.8, 4) is 0 Å². The summed E-state index contributed by atoms with van der Waals surface area (Å²) in [6.07, 6.45) is 1.44. The molecule has 1 aromatic carbocycles. The number of carbonyl (C=O) groups is 1. The zero-order valence-electron chi connectivity index (χ0n) is 10.9. The fourth-order valence-electron chi connectivity index (χ4n) is 2.33. The highest BCUT2D eigenvalue weighted by atomic mass is 16.6. The van der Waals surface area contributed by atoms with E-state index in [1.165, 1.54) is 6.07 Å². The zero-order chi connectivity index (χ0) is 13.8. The van der Waals surface area contributed by atoms with Crippen LogP contribution in [0.2, 0.25) is 0 Å². The molecule has 2 rings (SSSR count). The van der Waals surface area contributed by atoms with Gasteiger partial charge in [0.15, 0.2) is 0 Å². The van der Waals surface area contributed by atoms with Gasteiger partial charge in [-0.3, -0.25) is 14.9 Å². The largest absolute Gasteiger partial charge is 0.379 e. The van der Waals surface area contributed by atoms with E-state index in [1.807, 2.05) is 13.0 Å². The molecule has 1 aromatic rings. The fraction of sp³-hybridized carbons (Fsp3) is 0.462. The number of benzene rings is 1. The lowest BCUT2D eigenvalue weighted by molar-refractivity contribution is -0.384. The smallest absolute Gasteiger partial charge is 0.292 e. The summed E-state index contributed by atoms with van der Waals surface area (Å²) in [6.45, 7) is 3.66. The van der Waals surface area contributed by atoms with Crippen molar-refractivity contribution < 1.29 is 9.72 Å². The lowest BCUT2D eigenvalue weighted by atomic mass is 10.1. The maximum atomic E-state index is 11.6. The molecule has 1 saturated heterocycles. The van der Waals surface area contributed by atoms with E-state index in [1.54, 1.807) is 11.0 Å². The first-order chi connectivity index (χ1) is 9.13. The van der Waals surface area contributed by atoms with Crippen molar-refractivity contribution in [3.63, 3.8) is 0 Å². The van der Waals surface area contributed by atoms with Crippen LogP contribution in [-0.4, -0.2) is 28.8 Å².